The molecule has 0 spiro atoms. The summed E-state index contributed by atoms with van der Waals surface area (Å²) in [6, 6.07) is 0.180. The van der Waals surface area contributed by atoms with Crippen LogP contribution in [0.1, 0.15) is 33.1 Å². The van der Waals surface area contributed by atoms with Crippen LogP contribution in [0.2, 0.25) is 0 Å². The lowest BCUT2D eigenvalue weighted by Gasteiger charge is -2.34. The number of piperazine rings is 1. The molecule has 1 unspecified atom stereocenters. The minimum absolute atomic E-state index is 0.0702. The molecule has 2 amide bonds. The zero-order valence-corrected chi connectivity index (χ0v) is 13.2. The number of nitrogens with one attached hydrogen (secondary N) is 1. The van der Waals surface area contributed by atoms with Gasteiger partial charge in [0.15, 0.2) is 0 Å². The van der Waals surface area contributed by atoms with Gasteiger partial charge in [-0.05, 0) is 32.6 Å². The molecule has 5 nitrogen and oxygen atoms in total. The molecule has 0 aromatic heterocycles. The third-order valence-corrected chi connectivity index (χ3v) is 4.09. The van der Waals surface area contributed by atoms with Gasteiger partial charge < -0.3 is 10.2 Å². The van der Waals surface area contributed by atoms with Gasteiger partial charge in [-0.25, -0.2) is 0 Å². The fourth-order valence-electron chi connectivity index (χ4n) is 2.94. The number of carbonyl (C=O) groups excluding carboxylic acids is 2. The second-order valence-electron chi connectivity index (χ2n) is 6.35. The first-order valence-electron chi connectivity index (χ1n) is 8.00. The third kappa shape index (κ3) is 5.16. The van der Waals surface area contributed by atoms with Gasteiger partial charge in [-0.2, -0.15) is 0 Å². The highest BCUT2D eigenvalue weighted by atomic mass is 16.2. The van der Waals surface area contributed by atoms with E-state index < -0.39 is 0 Å². The second-order valence-corrected chi connectivity index (χ2v) is 6.35. The van der Waals surface area contributed by atoms with Crippen molar-refractivity contribution in [1.82, 2.24) is 15.1 Å². The first kappa shape index (κ1) is 16.0. The van der Waals surface area contributed by atoms with Crippen LogP contribution in [-0.4, -0.2) is 60.4 Å². The van der Waals surface area contributed by atoms with Crippen LogP contribution in [0.25, 0.3) is 0 Å². The van der Waals surface area contributed by atoms with Crippen molar-refractivity contribution in [3.05, 3.63) is 12.2 Å². The highest BCUT2D eigenvalue weighted by molar-refractivity contribution is 5.78. The average molecular weight is 293 g/mol. The fourth-order valence-corrected chi connectivity index (χ4v) is 2.94. The smallest absolute Gasteiger partial charge is 0.234 e. The lowest BCUT2D eigenvalue weighted by atomic mass is 10.0. The van der Waals surface area contributed by atoms with Crippen molar-refractivity contribution in [2.24, 2.45) is 5.92 Å². The molecule has 1 saturated heterocycles. The molecule has 0 saturated carbocycles. The highest BCUT2D eigenvalue weighted by Gasteiger charge is 2.24. The minimum atomic E-state index is 0.0702. The van der Waals surface area contributed by atoms with Crippen LogP contribution in [0, 0.1) is 5.92 Å². The molecule has 0 radical (unpaired) electrons. The van der Waals surface area contributed by atoms with Gasteiger partial charge in [-0.3, -0.25) is 14.5 Å². The van der Waals surface area contributed by atoms with E-state index in [1.807, 2.05) is 18.7 Å². The maximum absolute atomic E-state index is 12.2. The number of hydrogen-bond donors (Lipinski definition) is 1. The summed E-state index contributed by atoms with van der Waals surface area (Å²) in [5, 5.41) is 2.90. The Morgan fingerprint density at radius 3 is 2.52 bits per heavy atom. The summed E-state index contributed by atoms with van der Waals surface area (Å²) >= 11 is 0. The van der Waals surface area contributed by atoms with E-state index in [1.54, 1.807) is 0 Å². The monoisotopic (exact) mass is 293 g/mol. The predicted molar refractivity (Wildman–Crippen MR) is 82.8 cm³/mol. The fraction of sp³-hybridized carbons (Fsp3) is 0.750. The van der Waals surface area contributed by atoms with Gasteiger partial charge in [0.05, 0.1) is 6.54 Å². The lowest BCUT2D eigenvalue weighted by Crippen LogP contribution is -2.51. The Labute approximate surface area is 127 Å². The Hall–Kier alpha value is -1.36. The van der Waals surface area contributed by atoms with E-state index in [9.17, 15) is 9.59 Å². The van der Waals surface area contributed by atoms with Crippen LogP contribution in [0.15, 0.2) is 12.2 Å². The van der Waals surface area contributed by atoms with E-state index in [-0.39, 0.29) is 17.9 Å². The number of rotatable bonds is 5. The quantitative estimate of drug-likeness (QED) is 0.770. The van der Waals surface area contributed by atoms with Gasteiger partial charge >= 0.3 is 0 Å². The van der Waals surface area contributed by atoms with Crippen LogP contribution in [0.3, 0.4) is 0 Å². The molecule has 2 aliphatic rings. The summed E-state index contributed by atoms with van der Waals surface area (Å²) in [7, 11) is 0. The Balaban J connectivity index is 1.68. The molecule has 1 fully saturated rings. The molecular formula is C16H27N3O2. The van der Waals surface area contributed by atoms with E-state index >= 15 is 0 Å². The number of carbonyl (C=O) groups is 2. The topological polar surface area (TPSA) is 52.7 Å². The normalized spacial score (nSPS) is 22.8. The molecule has 2 rings (SSSR count). The van der Waals surface area contributed by atoms with Gasteiger partial charge in [0.25, 0.3) is 0 Å². The molecule has 21 heavy (non-hydrogen) atoms. The molecule has 0 bridgehead atoms. The molecule has 1 aliphatic heterocycles. The summed E-state index contributed by atoms with van der Waals surface area (Å²) in [6.45, 7) is 7.42. The van der Waals surface area contributed by atoms with E-state index in [0.717, 1.165) is 39.0 Å². The van der Waals surface area contributed by atoms with E-state index in [0.29, 0.717) is 18.9 Å². The van der Waals surface area contributed by atoms with Gasteiger partial charge in [-0.1, -0.05) is 12.2 Å². The standard InChI is InChI=1S/C16H27N3O2/c1-13(2)17-15(20)12-18-7-9-19(10-8-18)16(21)11-14-5-3-4-6-14/h3,5,13-14H,4,6-12H2,1-2H3,(H,17,20). The van der Waals surface area contributed by atoms with Crippen molar-refractivity contribution >= 4 is 11.8 Å². The SMILES string of the molecule is CC(C)NC(=O)CN1CCN(C(=O)CC2C=CCC2)CC1. The van der Waals surface area contributed by atoms with Crippen molar-refractivity contribution in [3.8, 4) is 0 Å². The first-order valence-corrected chi connectivity index (χ1v) is 8.00. The largest absolute Gasteiger partial charge is 0.353 e. The van der Waals surface area contributed by atoms with Gasteiger partial charge in [0.2, 0.25) is 11.8 Å². The van der Waals surface area contributed by atoms with Crippen LogP contribution in [0.5, 0.6) is 0 Å². The Morgan fingerprint density at radius 2 is 1.95 bits per heavy atom. The Bertz CT molecular complexity index is 398. The van der Waals surface area contributed by atoms with Crippen LogP contribution in [0.4, 0.5) is 0 Å². The van der Waals surface area contributed by atoms with E-state index in [2.05, 4.69) is 22.4 Å². The molecule has 1 heterocycles. The van der Waals surface area contributed by atoms with Crippen molar-refractivity contribution in [3.63, 3.8) is 0 Å². The number of amides is 2. The molecule has 1 atom stereocenters. The minimum Gasteiger partial charge on any atom is -0.353 e. The van der Waals surface area contributed by atoms with Gasteiger partial charge in [-0.15, -0.1) is 0 Å². The molecular weight excluding hydrogens is 266 g/mol. The van der Waals surface area contributed by atoms with Gasteiger partial charge in [0.1, 0.15) is 0 Å². The summed E-state index contributed by atoms with van der Waals surface area (Å²) in [5.74, 6) is 0.769. The van der Waals surface area contributed by atoms with Crippen molar-refractivity contribution in [2.75, 3.05) is 32.7 Å². The van der Waals surface area contributed by atoms with Crippen molar-refractivity contribution in [2.45, 2.75) is 39.2 Å². The maximum atomic E-state index is 12.2. The average Bonchev–Trinajstić information content (AvgIpc) is 2.91. The molecule has 1 aliphatic carbocycles. The molecule has 0 aromatic carbocycles. The third-order valence-electron chi connectivity index (χ3n) is 4.09. The number of allylic oxidation sites excluding steroid dienone is 2. The van der Waals surface area contributed by atoms with Crippen molar-refractivity contribution < 1.29 is 9.59 Å². The zero-order valence-electron chi connectivity index (χ0n) is 13.2. The molecule has 0 aromatic rings. The molecule has 118 valence electrons. The van der Waals surface area contributed by atoms with E-state index in [4.69, 9.17) is 0 Å². The maximum Gasteiger partial charge on any atom is 0.234 e. The summed E-state index contributed by atoms with van der Waals surface area (Å²) in [5.41, 5.74) is 0. The van der Waals surface area contributed by atoms with Crippen LogP contribution >= 0.6 is 0 Å². The molecule has 1 N–H and O–H groups in total. The summed E-state index contributed by atoms with van der Waals surface area (Å²) in [6.07, 6.45) is 7.20. The van der Waals surface area contributed by atoms with E-state index in [1.165, 1.54) is 0 Å². The number of hydrogen-bond acceptors (Lipinski definition) is 3. The zero-order chi connectivity index (χ0) is 15.2. The number of nitrogens with zero attached hydrogens (tertiary/aromatic N) is 2. The Kier molecular flexibility index (Phi) is 5.79. The Morgan fingerprint density at radius 1 is 1.24 bits per heavy atom. The first-order chi connectivity index (χ1) is 10.0. The lowest BCUT2D eigenvalue weighted by molar-refractivity contribution is -0.133. The van der Waals surface area contributed by atoms with Gasteiger partial charge in [0, 0.05) is 38.6 Å². The van der Waals surface area contributed by atoms with Crippen LogP contribution < -0.4 is 5.32 Å². The van der Waals surface area contributed by atoms with Crippen LogP contribution in [-0.2, 0) is 9.59 Å². The second kappa shape index (κ2) is 7.59. The summed E-state index contributed by atoms with van der Waals surface area (Å²) in [4.78, 5) is 28.0. The summed E-state index contributed by atoms with van der Waals surface area (Å²) < 4.78 is 0. The highest BCUT2D eigenvalue weighted by Crippen LogP contribution is 2.21. The van der Waals surface area contributed by atoms with Crippen molar-refractivity contribution in [1.29, 1.82) is 0 Å². The predicted octanol–water partition coefficient (Wildman–Crippen LogP) is 1.01. The molecule has 5 heteroatoms.